The number of rotatable bonds is 2. The minimum Gasteiger partial charge on any atom is -0.349 e. The number of likely N-dealkylation sites (tertiary alicyclic amines) is 1. The summed E-state index contributed by atoms with van der Waals surface area (Å²) in [6.07, 6.45) is 2.07. The largest absolute Gasteiger partial charge is 0.349 e. The molecular formula is C15H23BrN2OS. The van der Waals surface area contributed by atoms with Gasteiger partial charge in [0.25, 0.3) is 5.91 Å². The molecule has 1 aliphatic rings. The lowest BCUT2D eigenvalue weighted by atomic mass is 9.98. The Kier molecular flexibility index (Phi) is 4.92. The van der Waals surface area contributed by atoms with E-state index >= 15 is 0 Å². The summed E-state index contributed by atoms with van der Waals surface area (Å²) in [5.74, 6) is 0.0676. The van der Waals surface area contributed by atoms with Gasteiger partial charge in [0.05, 0.1) is 8.66 Å². The van der Waals surface area contributed by atoms with Crippen molar-refractivity contribution in [2.75, 3.05) is 13.1 Å². The molecule has 1 N–H and O–H groups in total. The van der Waals surface area contributed by atoms with Gasteiger partial charge < -0.3 is 5.32 Å². The van der Waals surface area contributed by atoms with Gasteiger partial charge in [-0.25, -0.2) is 0 Å². The van der Waals surface area contributed by atoms with Crippen LogP contribution < -0.4 is 5.32 Å². The van der Waals surface area contributed by atoms with Crippen molar-refractivity contribution in [2.45, 2.75) is 52.1 Å². The van der Waals surface area contributed by atoms with E-state index in [-0.39, 0.29) is 11.4 Å². The number of aryl methyl sites for hydroxylation is 1. The van der Waals surface area contributed by atoms with Crippen LogP contribution in [0.2, 0.25) is 0 Å². The maximum atomic E-state index is 12.2. The van der Waals surface area contributed by atoms with E-state index in [2.05, 4.69) is 46.9 Å². The van der Waals surface area contributed by atoms with Crippen molar-refractivity contribution in [2.24, 2.45) is 0 Å². The number of carbonyl (C=O) groups excluding carboxylic acids is 1. The van der Waals surface area contributed by atoms with Crippen molar-refractivity contribution in [3.63, 3.8) is 0 Å². The highest BCUT2D eigenvalue weighted by Crippen LogP contribution is 2.27. The first kappa shape index (κ1) is 16.0. The van der Waals surface area contributed by atoms with Crippen LogP contribution in [-0.2, 0) is 0 Å². The summed E-state index contributed by atoms with van der Waals surface area (Å²) in [5.41, 5.74) is 1.35. The molecule has 0 unspecified atom stereocenters. The monoisotopic (exact) mass is 358 g/mol. The Morgan fingerprint density at radius 3 is 2.45 bits per heavy atom. The lowest BCUT2D eigenvalue weighted by molar-refractivity contribution is 0.0815. The van der Waals surface area contributed by atoms with Gasteiger partial charge >= 0.3 is 0 Å². The Labute approximate surface area is 133 Å². The molecule has 1 saturated heterocycles. The number of nitrogens with one attached hydrogen (secondary N) is 1. The van der Waals surface area contributed by atoms with Crippen LogP contribution in [0, 0.1) is 6.92 Å². The molecule has 0 aromatic carbocycles. The molecule has 1 aromatic heterocycles. The van der Waals surface area contributed by atoms with Gasteiger partial charge in [-0.1, -0.05) is 0 Å². The molecule has 0 saturated carbocycles. The summed E-state index contributed by atoms with van der Waals surface area (Å²) in [7, 11) is 0. The normalized spacial score (nSPS) is 18.2. The standard InChI is InChI=1S/C15H23BrN2OS/c1-10-9-12(20-13(10)16)14(19)17-11-5-7-18(8-6-11)15(2,3)4/h9,11H,5-8H2,1-4H3,(H,17,19). The minimum absolute atomic E-state index is 0.0676. The maximum Gasteiger partial charge on any atom is 0.261 e. The molecule has 0 atom stereocenters. The van der Waals surface area contributed by atoms with Crippen molar-refractivity contribution in [1.29, 1.82) is 0 Å². The third kappa shape index (κ3) is 3.83. The van der Waals surface area contributed by atoms with Crippen molar-refractivity contribution in [1.82, 2.24) is 10.2 Å². The quantitative estimate of drug-likeness (QED) is 0.871. The molecule has 1 aromatic rings. The third-order valence-corrected chi connectivity index (χ3v) is 6.00. The molecule has 5 heteroatoms. The van der Waals surface area contributed by atoms with Gasteiger partial charge in [0.15, 0.2) is 0 Å². The highest BCUT2D eigenvalue weighted by atomic mass is 79.9. The first-order valence-electron chi connectivity index (χ1n) is 7.09. The summed E-state index contributed by atoms with van der Waals surface area (Å²) in [6, 6.07) is 2.26. The topological polar surface area (TPSA) is 32.3 Å². The van der Waals surface area contributed by atoms with Crippen LogP contribution in [0.1, 0.15) is 48.8 Å². The van der Waals surface area contributed by atoms with E-state index in [1.54, 1.807) is 0 Å². The van der Waals surface area contributed by atoms with Gasteiger partial charge in [-0.15, -0.1) is 11.3 Å². The number of hydrogen-bond acceptors (Lipinski definition) is 3. The van der Waals surface area contributed by atoms with Crippen molar-refractivity contribution >= 4 is 33.2 Å². The van der Waals surface area contributed by atoms with E-state index < -0.39 is 0 Å². The van der Waals surface area contributed by atoms with Gasteiger partial charge in [-0.05, 0) is 68.1 Å². The molecule has 2 heterocycles. The molecule has 1 aliphatic heterocycles. The van der Waals surface area contributed by atoms with Crippen LogP contribution in [0.5, 0.6) is 0 Å². The summed E-state index contributed by atoms with van der Waals surface area (Å²) in [6.45, 7) is 10.9. The molecule has 3 nitrogen and oxygen atoms in total. The predicted molar refractivity (Wildman–Crippen MR) is 88.6 cm³/mol. The summed E-state index contributed by atoms with van der Waals surface area (Å²) >= 11 is 4.98. The Morgan fingerprint density at radius 2 is 2.00 bits per heavy atom. The molecule has 20 heavy (non-hydrogen) atoms. The zero-order chi connectivity index (χ0) is 14.9. The van der Waals surface area contributed by atoms with Crippen molar-refractivity contribution in [3.05, 3.63) is 20.3 Å². The third-order valence-electron chi connectivity index (χ3n) is 3.86. The number of carbonyl (C=O) groups is 1. The maximum absolute atomic E-state index is 12.2. The zero-order valence-electron chi connectivity index (χ0n) is 12.6. The first-order valence-corrected chi connectivity index (χ1v) is 8.70. The second kappa shape index (κ2) is 6.16. The van der Waals surface area contributed by atoms with Crippen LogP contribution in [0.15, 0.2) is 9.85 Å². The molecule has 0 spiro atoms. The van der Waals surface area contributed by atoms with Crippen LogP contribution in [-0.4, -0.2) is 35.5 Å². The van der Waals surface area contributed by atoms with E-state index in [4.69, 9.17) is 0 Å². The van der Waals surface area contributed by atoms with Crippen LogP contribution in [0.3, 0.4) is 0 Å². The molecule has 1 fully saturated rings. The lowest BCUT2D eigenvalue weighted by Crippen LogP contribution is -2.50. The van der Waals surface area contributed by atoms with E-state index in [0.29, 0.717) is 6.04 Å². The smallest absolute Gasteiger partial charge is 0.261 e. The van der Waals surface area contributed by atoms with E-state index in [9.17, 15) is 4.79 Å². The Bertz CT molecular complexity index is 465. The number of piperidine rings is 1. The average Bonchev–Trinajstić information content (AvgIpc) is 2.69. The van der Waals surface area contributed by atoms with Gasteiger partial charge in [0, 0.05) is 24.7 Å². The van der Waals surface area contributed by atoms with Crippen LogP contribution >= 0.6 is 27.3 Å². The molecular weight excluding hydrogens is 336 g/mol. The number of nitrogens with zero attached hydrogens (tertiary/aromatic N) is 1. The first-order chi connectivity index (χ1) is 9.27. The summed E-state index contributed by atoms with van der Waals surface area (Å²) in [4.78, 5) is 15.5. The number of amides is 1. The highest BCUT2D eigenvalue weighted by Gasteiger charge is 2.27. The van der Waals surface area contributed by atoms with Crippen LogP contribution in [0.4, 0.5) is 0 Å². The van der Waals surface area contributed by atoms with Gasteiger partial charge in [0.1, 0.15) is 0 Å². The predicted octanol–water partition coefficient (Wildman–Crippen LogP) is 3.81. The van der Waals surface area contributed by atoms with Gasteiger partial charge in [-0.2, -0.15) is 0 Å². The molecule has 0 aliphatic carbocycles. The fourth-order valence-corrected chi connectivity index (χ4v) is 3.96. The molecule has 112 valence electrons. The van der Waals surface area contributed by atoms with Crippen LogP contribution in [0.25, 0.3) is 0 Å². The van der Waals surface area contributed by atoms with E-state index in [1.807, 2.05) is 13.0 Å². The van der Waals surface area contributed by atoms with Gasteiger partial charge in [0.2, 0.25) is 0 Å². The van der Waals surface area contributed by atoms with E-state index in [0.717, 1.165) is 40.2 Å². The number of hydrogen-bond donors (Lipinski definition) is 1. The summed E-state index contributed by atoms with van der Waals surface area (Å²) < 4.78 is 1.05. The van der Waals surface area contributed by atoms with E-state index in [1.165, 1.54) is 11.3 Å². The Hall–Kier alpha value is -0.390. The molecule has 2 rings (SSSR count). The SMILES string of the molecule is Cc1cc(C(=O)NC2CCN(C(C)(C)C)CC2)sc1Br. The molecule has 0 bridgehead atoms. The highest BCUT2D eigenvalue weighted by molar-refractivity contribution is 9.11. The fourth-order valence-electron chi connectivity index (χ4n) is 2.52. The average molecular weight is 359 g/mol. The van der Waals surface area contributed by atoms with Gasteiger partial charge in [-0.3, -0.25) is 9.69 Å². The molecule has 1 amide bonds. The zero-order valence-corrected chi connectivity index (χ0v) is 15.0. The summed E-state index contributed by atoms with van der Waals surface area (Å²) in [5, 5.41) is 3.17. The number of thiophene rings is 1. The van der Waals surface area contributed by atoms with Crippen molar-refractivity contribution in [3.8, 4) is 0 Å². The molecule has 0 radical (unpaired) electrons. The second-order valence-corrected chi connectivity index (χ2v) is 8.84. The van der Waals surface area contributed by atoms with Crippen molar-refractivity contribution < 1.29 is 4.79 Å². The second-order valence-electron chi connectivity index (χ2n) is 6.47. The minimum atomic E-state index is 0.0676. The lowest BCUT2D eigenvalue weighted by Gasteiger charge is -2.41. The Balaban J connectivity index is 1.88. The fraction of sp³-hybridized carbons (Fsp3) is 0.667. The number of halogens is 1. The Morgan fingerprint density at radius 1 is 1.40 bits per heavy atom.